The highest BCUT2D eigenvalue weighted by Crippen LogP contribution is 2.39. The topological polar surface area (TPSA) is 109 Å². The zero-order valence-electron chi connectivity index (χ0n) is 67.0. The second kappa shape index (κ2) is 51.2. The summed E-state index contributed by atoms with van der Waals surface area (Å²) >= 11 is 0. The van der Waals surface area contributed by atoms with Crippen molar-refractivity contribution >= 4 is 68.5 Å². The number of rotatable bonds is 66. The van der Waals surface area contributed by atoms with E-state index in [1.54, 1.807) is 0 Å². The SMILES string of the molecule is CCO[Si](C)(CCCN(CC)CC)O[Si](C)(CCCN(CC)CC)O[Si](C)(CCCN(CC)CC)O[Si](C)(CCCN(CC)CC)O[Si](C)(CCCN(CC)CC)O[Si](C)(CCCN(CC)CC)O[Si](C)(CCCN(CC)CC)O[Si](C)(CCCN(CC)CC)OCC. The van der Waals surface area contributed by atoms with Crippen LogP contribution in [0.3, 0.4) is 0 Å². The predicted molar refractivity (Wildman–Crippen MR) is 421 cm³/mol. The van der Waals surface area contributed by atoms with E-state index in [0.29, 0.717) is 13.2 Å². The molecule has 8 unspecified atom stereocenters. The third-order valence-corrected chi connectivity index (χ3v) is 56.0. The van der Waals surface area contributed by atoms with Crippen molar-refractivity contribution in [1.82, 2.24) is 39.2 Å². The molecule has 0 aromatic rings. The molecule has 0 heterocycles. The minimum absolute atomic E-state index is 0.631. The van der Waals surface area contributed by atoms with Gasteiger partial charge in [0.2, 0.25) is 0 Å². The summed E-state index contributed by atoms with van der Waals surface area (Å²) in [6.07, 6.45) is 8.03. The fourth-order valence-corrected chi connectivity index (χ4v) is 57.1. The van der Waals surface area contributed by atoms with Crippen LogP contribution in [0.15, 0.2) is 0 Å². The zero-order chi connectivity index (χ0) is 70.7. The van der Waals surface area contributed by atoms with Gasteiger partial charge in [0.15, 0.2) is 0 Å². The average Bonchev–Trinajstić information content (AvgIpc) is 0.795. The first-order chi connectivity index (χ1) is 44.0. The summed E-state index contributed by atoms with van der Waals surface area (Å²) in [6, 6.07) is 7.04. The smallest absolute Gasteiger partial charge is 0.326 e. The monoisotopic (exact) mass is 1460 g/mol. The van der Waals surface area contributed by atoms with Crippen LogP contribution >= 0.6 is 0 Å². The van der Waals surface area contributed by atoms with Crippen molar-refractivity contribution in [2.24, 2.45) is 0 Å². The van der Waals surface area contributed by atoms with E-state index in [9.17, 15) is 0 Å². The highest BCUT2D eigenvalue weighted by molar-refractivity contribution is 6.93. The van der Waals surface area contributed by atoms with E-state index in [0.717, 1.165) is 257 Å². The first-order valence-corrected chi connectivity index (χ1v) is 59.2. The molecule has 0 aromatic carbocycles. The highest BCUT2D eigenvalue weighted by atomic mass is 28.5. The van der Waals surface area contributed by atoms with Gasteiger partial charge in [-0.05, 0) is 323 Å². The number of nitrogens with zero attached hydrogens (tertiary/aromatic N) is 8. The lowest BCUT2D eigenvalue weighted by atomic mass is 10.4. The third kappa shape index (κ3) is 39.9. The molecule has 0 amide bonds. The van der Waals surface area contributed by atoms with Gasteiger partial charge in [0.25, 0.3) is 0 Å². The molecule has 8 atom stereocenters. The molecule has 0 N–H and O–H groups in total. The van der Waals surface area contributed by atoms with Gasteiger partial charge in [0, 0.05) is 13.2 Å². The summed E-state index contributed by atoms with van der Waals surface area (Å²) < 4.78 is 71.2. The molecule has 93 heavy (non-hydrogen) atoms. The second-order valence-corrected chi connectivity index (χ2v) is 56.1. The molecule has 17 nitrogen and oxygen atoms in total. The van der Waals surface area contributed by atoms with Crippen LogP contribution in [0, 0.1) is 0 Å². The van der Waals surface area contributed by atoms with Crippen molar-refractivity contribution in [3.05, 3.63) is 0 Å². The van der Waals surface area contributed by atoms with E-state index < -0.39 is 68.5 Å². The first kappa shape index (κ1) is 94.1. The normalized spacial score (nSPS) is 18.0. The van der Waals surface area contributed by atoms with Crippen molar-refractivity contribution in [3.63, 3.8) is 0 Å². The van der Waals surface area contributed by atoms with Gasteiger partial charge < -0.3 is 76.9 Å². The third-order valence-electron chi connectivity index (χ3n) is 19.9. The van der Waals surface area contributed by atoms with Gasteiger partial charge in [-0.15, -0.1) is 0 Å². The van der Waals surface area contributed by atoms with Crippen LogP contribution in [0.5, 0.6) is 0 Å². The minimum atomic E-state index is -3.25. The summed E-state index contributed by atoms with van der Waals surface area (Å²) in [6.45, 7) is 85.8. The van der Waals surface area contributed by atoms with E-state index in [4.69, 9.17) is 37.7 Å². The molecule has 0 bridgehead atoms. The molecule has 0 saturated heterocycles. The number of hydrogen-bond acceptors (Lipinski definition) is 17. The van der Waals surface area contributed by atoms with Gasteiger partial charge in [0.05, 0.1) is 0 Å². The van der Waals surface area contributed by atoms with Crippen LogP contribution < -0.4 is 0 Å². The van der Waals surface area contributed by atoms with Crippen LogP contribution in [-0.2, 0) is 37.7 Å². The lowest BCUT2D eigenvalue weighted by molar-refractivity contribution is 0.208. The fraction of sp³-hybridized carbons (Fsp3) is 1.00. The van der Waals surface area contributed by atoms with Gasteiger partial charge in [-0.2, -0.15) is 0 Å². The maximum atomic E-state index is 8.42. The Morgan fingerprint density at radius 2 is 0.280 bits per heavy atom. The summed E-state index contributed by atoms with van der Waals surface area (Å²) in [7, 11) is -24.5. The van der Waals surface area contributed by atoms with Crippen molar-refractivity contribution in [2.75, 3.05) is 170 Å². The van der Waals surface area contributed by atoms with Gasteiger partial charge >= 0.3 is 68.5 Å². The molecule has 0 aromatic heterocycles. The largest absolute Gasteiger partial charge is 0.416 e. The Bertz CT molecular complexity index is 1670. The summed E-state index contributed by atoms with van der Waals surface area (Å²) in [4.78, 5) is 20.4. The average molecular weight is 1460 g/mol. The molecule has 0 aliphatic carbocycles. The van der Waals surface area contributed by atoms with E-state index in [-0.39, 0.29) is 0 Å². The molecular formula is C68H162N8O9Si8. The zero-order valence-corrected chi connectivity index (χ0v) is 75.0. The van der Waals surface area contributed by atoms with E-state index >= 15 is 0 Å². The van der Waals surface area contributed by atoms with Crippen LogP contribution in [0.4, 0.5) is 0 Å². The molecule has 560 valence electrons. The van der Waals surface area contributed by atoms with Crippen LogP contribution in [0.25, 0.3) is 0 Å². The fourth-order valence-electron chi connectivity index (χ4n) is 14.2. The summed E-state index contributed by atoms with van der Waals surface area (Å²) in [5.74, 6) is 0. The summed E-state index contributed by atoms with van der Waals surface area (Å²) in [5.41, 5.74) is 0. The molecule has 0 rings (SSSR count). The standard InChI is InChI=1S/C68H162N8O9Si8/c1-27-69(28-2)53-45-61-86(19,77-43-17)79-88(21,63-47-55-71(31-5)32-6)81-90(23,65-49-57-73(35-9)36-10)83-92(25,67-51-59-75(39-13)40-14)85-93(26,68-52-60-76(41-15)42-16)84-91(24,66-50-58-74(37-11)38-12)82-89(22,64-48-56-72(33-7)34-8)80-87(20,78-44-18)62-46-54-70(29-3)30-4/h27-68H2,1-26H3. The first-order valence-electron chi connectivity index (χ1n) is 39.0. The van der Waals surface area contributed by atoms with Crippen molar-refractivity contribution in [1.29, 1.82) is 0 Å². The Balaban J connectivity index is 8.92. The Labute approximate surface area is 588 Å². The Morgan fingerprint density at radius 1 is 0.172 bits per heavy atom. The van der Waals surface area contributed by atoms with Crippen LogP contribution in [0.2, 0.25) is 101 Å². The Hall–Kier alpha value is 1.06. The van der Waals surface area contributed by atoms with Crippen molar-refractivity contribution < 1.29 is 37.7 Å². The van der Waals surface area contributed by atoms with Crippen LogP contribution in [0.1, 0.15) is 176 Å². The van der Waals surface area contributed by atoms with Gasteiger partial charge in [-0.1, -0.05) is 111 Å². The second-order valence-electron chi connectivity index (χ2n) is 27.7. The molecule has 0 radical (unpaired) electrons. The Kier molecular flexibility index (Phi) is 51.8. The lowest BCUT2D eigenvalue weighted by Crippen LogP contribution is -2.65. The summed E-state index contributed by atoms with van der Waals surface area (Å²) in [5, 5.41) is 0. The van der Waals surface area contributed by atoms with Crippen LogP contribution in [-0.4, -0.2) is 278 Å². The van der Waals surface area contributed by atoms with Gasteiger partial charge in [-0.3, -0.25) is 0 Å². The van der Waals surface area contributed by atoms with E-state index in [1.807, 2.05) is 0 Å². The molecule has 0 saturated carbocycles. The molecule has 0 aliphatic rings. The lowest BCUT2D eigenvalue weighted by Gasteiger charge is -2.48. The van der Waals surface area contributed by atoms with E-state index in [1.165, 1.54) is 0 Å². The quantitative estimate of drug-likeness (QED) is 0.0538. The molecule has 0 aliphatic heterocycles. The van der Waals surface area contributed by atoms with E-state index in [2.05, 4.69) is 216 Å². The Morgan fingerprint density at radius 3 is 0.387 bits per heavy atom. The molecule has 0 fully saturated rings. The molecule has 25 heteroatoms. The minimum Gasteiger partial charge on any atom is -0.416 e. The van der Waals surface area contributed by atoms with Crippen molar-refractivity contribution in [3.8, 4) is 0 Å². The molecule has 0 spiro atoms. The highest BCUT2D eigenvalue weighted by Gasteiger charge is 2.56. The molecular weight excluding hydrogens is 1300 g/mol. The van der Waals surface area contributed by atoms with Gasteiger partial charge in [-0.25, -0.2) is 0 Å². The maximum absolute atomic E-state index is 8.42. The van der Waals surface area contributed by atoms with Gasteiger partial charge in [0.1, 0.15) is 0 Å². The number of hydrogen-bond donors (Lipinski definition) is 0. The maximum Gasteiger partial charge on any atom is 0.326 e. The van der Waals surface area contributed by atoms with Crippen molar-refractivity contribution in [2.45, 2.75) is 277 Å². The predicted octanol–water partition coefficient (Wildman–Crippen LogP) is 15.6.